The van der Waals surface area contributed by atoms with Gasteiger partial charge in [-0.3, -0.25) is 0 Å². The number of likely N-dealkylation sites (tertiary alicyclic amines) is 1. The molecule has 0 unspecified atom stereocenters. The van der Waals surface area contributed by atoms with Gasteiger partial charge in [-0.25, -0.2) is 22.0 Å². The van der Waals surface area contributed by atoms with Gasteiger partial charge in [-0.1, -0.05) is 18.2 Å². The van der Waals surface area contributed by atoms with Crippen molar-refractivity contribution in [3.63, 3.8) is 0 Å². The van der Waals surface area contributed by atoms with Gasteiger partial charge in [0.25, 0.3) is 0 Å². The van der Waals surface area contributed by atoms with Crippen LogP contribution in [-0.2, 0) is 26.7 Å². The van der Waals surface area contributed by atoms with Crippen LogP contribution in [0.1, 0.15) is 36.5 Å². The van der Waals surface area contributed by atoms with Gasteiger partial charge in [0.2, 0.25) is 0 Å². The van der Waals surface area contributed by atoms with Crippen LogP contribution in [0.25, 0.3) is 0 Å². The summed E-state index contributed by atoms with van der Waals surface area (Å²) in [6, 6.07) is 3.87. The number of alkyl halides is 7. The second-order valence-electron chi connectivity index (χ2n) is 11.0. The highest BCUT2D eigenvalue weighted by atomic mass is 32.2. The van der Waals surface area contributed by atoms with Crippen molar-refractivity contribution in [1.82, 2.24) is 15.1 Å². The Hall–Kier alpha value is -2.94. The Bertz CT molecular complexity index is 1460. The number of nitrogens with zero attached hydrogens (tertiary/aromatic N) is 2. The second-order valence-corrected chi connectivity index (χ2v) is 13.2. The Morgan fingerprint density at radius 2 is 1.62 bits per heavy atom. The van der Waals surface area contributed by atoms with Crippen LogP contribution in [0, 0.1) is 5.82 Å². The lowest BCUT2D eigenvalue weighted by atomic mass is 9.77. The average molecular weight is 626 g/mol. The van der Waals surface area contributed by atoms with Gasteiger partial charge in [0.05, 0.1) is 10.9 Å². The molecule has 2 aromatic carbocycles. The number of hydrogen-bond donors (Lipinski definition) is 1. The highest BCUT2D eigenvalue weighted by Gasteiger charge is 2.74. The lowest BCUT2D eigenvalue weighted by Gasteiger charge is -2.44. The third kappa shape index (κ3) is 4.45. The molecule has 2 aromatic rings. The van der Waals surface area contributed by atoms with Crippen LogP contribution in [0.2, 0.25) is 0 Å². The van der Waals surface area contributed by atoms with Crippen molar-refractivity contribution in [2.45, 2.75) is 65.9 Å². The normalized spacial score (nSPS) is 25.3. The Morgan fingerprint density at radius 3 is 2.21 bits per heavy atom. The zero-order chi connectivity index (χ0) is 30.9. The molecular weight excluding hydrogens is 598 g/mol. The quantitative estimate of drug-likeness (QED) is 0.376. The van der Waals surface area contributed by atoms with Crippen LogP contribution in [0.3, 0.4) is 0 Å². The van der Waals surface area contributed by atoms with Gasteiger partial charge in [0, 0.05) is 37.8 Å². The van der Waals surface area contributed by atoms with E-state index in [2.05, 4.69) is 5.32 Å². The molecule has 2 fully saturated rings. The van der Waals surface area contributed by atoms with E-state index in [9.17, 15) is 48.3 Å². The van der Waals surface area contributed by atoms with Gasteiger partial charge >= 0.3 is 24.1 Å². The first kappa shape index (κ1) is 30.5. The van der Waals surface area contributed by atoms with E-state index in [4.69, 9.17) is 0 Å². The number of piperazine rings is 1. The number of nitrogens with one attached hydrogen (secondary N) is 1. The van der Waals surface area contributed by atoms with Crippen LogP contribution < -0.4 is 5.32 Å². The Kier molecular flexibility index (Phi) is 7.31. The van der Waals surface area contributed by atoms with Crippen molar-refractivity contribution in [3.8, 4) is 0 Å². The minimum Gasteiger partial charge on any atom is -0.322 e. The number of carbonyl (C=O) groups is 1. The molecule has 42 heavy (non-hydrogen) atoms. The molecule has 0 spiro atoms. The summed E-state index contributed by atoms with van der Waals surface area (Å²) >= 11 is 0. The van der Waals surface area contributed by atoms with Crippen molar-refractivity contribution in [2.24, 2.45) is 0 Å². The van der Waals surface area contributed by atoms with Crippen molar-refractivity contribution >= 4 is 15.9 Å². The summed E-state index contributed by atoms with van der Waals surface area (Å²) in [5.41, 5.74) is -7.71. The first-order chi connectivity index (χ1) is 19.4. The Labute approximate surface area is 236 Å². The Morgan fingerprint density at radius 1 is 0.976 bits per heavy atom. The molecule has 2 amide bonds. The SMILES string of the molecule is C[C@@H]1CN(C(=O)N2CC[C@@]3(S(=O)(=O)c4ccc(F)cc4)c4ccc(C(F)(C(F)(F)F)C(F)(F)F)cc4CC[C@@H]23)CCN1. The summed E-state index contributed by atoms with van der Waals surface area (Å²) in [5.74, 6) is -0.730. The van der Waals surface area contributed by atoms with E-state index < -0.39 is 56.1 Å². The molecule has 3 atom stereocenters. The number of halogens is 8. The standard InChI is InChI=1S/C27H27F8N3O3S/c1-16-15-37(13-11-36-16)23(39)38-12-10-24(42(40,41)20-6-4-19(28)5-7-20)21-8-3-18(14-17(21)2-9-22(24)38)25(29,26(30,31)32)27(33,34)35/h3-8,14,16,22,36H,2,9-13,15H2,1H3/t16-,22-,24-/m1/s1. The van der Waals surface area contributed by atoms with E-state index in [-0.39, 0.29) is 47.9 Å². The van der Waals surface area contributed by atoms with E-state index in [1.807, 2.05) is 6.92 Å². The van der Waals surface area contributed by atoms with E-state index in [1.165, 1.54) is 4.90 Å². The molecule has 230 valence electrons. The zero-order valence-corrected chi connectivity index (χ0v) is 23.0. The van der Waals surface area contributed by atoms with Crippen LogP contribution in [0.5, 0.6) is 0 Å². The van der Waals surface area contributed by atoms with Crippen molar-refractivity contribution in [3.05, 3.63) is 65.0 Å². The number of aryl methyl sites for hydroxylation is 1. The van der Waals surface area contributed by atoms with E-state index in [0.717, 1.165) is 30.3 Å². The number of sulfone groups is 1. The smallest absolute Gasteiger partial charge is 0.322 e. The average Bonchev–Trinajstić information content (AvgIpc) is 3.32. The number of fused-ring (bicyclic) bond motifs is 3. The van der Waals surface area contributed by atoms with Gasteiger partial charge in [-0.05, 0) is 61.6 Å². The third-order valence-corrected chi connectivity index (χ3v) is 11.1. The number of hydrogen-bond acceptors (Lipinski definition) is 4. The molecule has 3 aliphatic rings. The molecule has 2 aliphatic heterocycles. The van der Waals surface area contributed by atoms with Gasteiger partial charge in [0.1, 0.15) is 10.6 Å². The van der Waals surface area contributed by atoms with Crippen LogP contribution in [0.15, 0.2) is 47.4 Å². The molecule has 2 saturated heterocycles. The predicted octanol–water partition coefficient (Wildman–Crippen LogP) is 5.22. The topological polar surface area (TPSA) is 69.7 Å². The number of rotatable bonds is 3. The molecule has 0 bridgehead atoms. The summed E-state index contributed by atoms with van der Waals surface area (Å²) in [5, 5.41) is 3.19. The van der Waals surface area contributed by atoms with Crippen LogP contribution in [0.4, 0.5) is 39.9 Å². The highest BCUT2D eigenvalue weighted by molar-refractivity contribution is 7.92. The molecule has 15 heteroatoms. The molecule has 6 nitrogen and oxygen atoms in total. The largest absolute Gasteiger partial charge is 0.435 e. The molecule has 0 aromatic heterocycles. The maximum atomic E-state index is 14.9. The van der Waals surface area contributed by atoms with Gasteiger partial charge in [-0.15, -0.1) is 0 Å². The Balaban J connectivity index is 1.67. The monoisotopic (exact) mass is 625 g/mol. The fraction of sp³-hybridized carbons (Fsp3) is 0.519. The zero-order valence-electron chi connectivity index (χ0n) is 22.2. The number of benzene rings is 2. The van der Waals surface area contributed by atoms with Crippen LogP contribution in [-0.4, -0.2) is 74.9 Å². The summed E-state index contributed by atoms with van der Waals surface area (Å²) in [7, 11) is -4.53. The molecular formula is C27H27F8N3O3S. The fourth-order valence-electron chi connectivity index (χ4n) is 6.57. The fourth-order valence-corrected chi connectivity index (χ4v) is 8.94. The lowest BCUT2D eigenvalue weighted by molar-refractivity contribution is -0.348. The van der Waals surface area contributed by atoms with E-state index >= 15 is 0 Å². The first-order valence-electron chi connectivity index (χ1n) is 13.2. The first-order valence-corrected chi connectivity index (χ1v) is 14.7. The van der Waals surface area contributed by atoms with Crippen molar-refractivity contribution in [1.29, 1.82) is 0 Å². The molecule has 1 aliphatic carbocycles. The molecule has 0 radical (unpaired) electrons. The van der Waals surface area contributed by atoms with Crippen molar-refractivity contribution < 1.29 is 48.3 Å². The number of urea groups is 1. The third-order valence-electron chi connectivity index (χ3n) is 8.55. The number of amides is 2. The summed E-state index contributed by atoms with van der Waals surface area (Å²) in [6.45, 7) is 2.99. The minimum atomic E-state index is -6.34. The summed E-state index contributed by atoms with van der Waals surface area (Å²) < 4.78 is 136. The molecule has 1 N–H and O–H groups in total. The van der Waals surface area contributed by atoms with E-state index in [0.29, 0.717) is 31.8 Å². The molecule has 0 saturated carbocycles. The van der Waals surface area contributed by atoms with Gasteiger partial charge < -0.3 is 15.1 Å². The van der Waals surface area contributed by atoms with E-state index in [1.54, 1.807) is 4.90 Å². The number of carbonyl (C=O) groups excluding carboxylic acids is 1. The van der Waals surface area contributed by atoms with Gasteiger partial charge in [-0.2, -0.15) is 26.3 Å². The molecule has 5 rings (SSSR count). The summed E-state index contributed by atoms with van der Waals surface area (Å²) in [6.07, 6.45) is -13.2. The highest BCUT2D eigenvalue weighted by Crippen LogP contribution is 2.56. The molecule has 2 heterocycles. The maximum Gasteiger partial charge on any atom is 0.435 e. The van der Waals surface area contributed by atoms with Crippen molar-refractivity contribution in [2.75, 3.05) is 26.2 Å². The lowest BCUT2D eigenvalue weighted by Crippen LogP contribution is -2.58. The predicted molar refractivity (Wildman–Crippen MR) is 134 cm³/mol. The summed E-state index contributed by atoms with van der Waals surface area (Å²) in [4.78, 5) is 16.3. The van der Waals surface area contributed by atoms with Crippen LogP contribution >= 0.6 is 0 Å². The maximum absolute atomic E-state index is 14.9. The second kappa shape index (κ2) is 10.1. The van der Waals surface area contributed by atoms with Gasteiger partial charge in [0.15, 0.2) is 9.84 Å². The minimum absolute atomic E-state index is 0.0354.